The first-order chi connectivity index (χ1) is 9.11. The average molecular weight is 253 g/mol. The maximum Gasteiger partial charge on any atom is 0.0444 e. The van der Waals surface area contributed by atoms with Gasteiger partial charge < -0.3 is 5.73 Å². The van der Waals surface area contributed by atoms with E-state index in [1.54, 1.807) is 0 Å². The average Bonchev–Trinajstić information content (AvgIpc) is 2.42. The second-order valence-electron chi connectivity index (χ2n) is 6.35. The number of fused-ring (bicyclic) bond motifs is 1. The van der Waals surface area contributed by atoms with Crippen LogP contribution in [0, 0.1) is 11.8 Å². The van der Waals surface area contributed by atoms with Crippen LogP contribution in [0.4, 0.5) is 0 Å². The maximum atomic E-state index is 6.88. The molecule has 1 saturated carbocycles. The third-order valence-electron chi connectivity index (χ3n) is 4.95. The molecule has 2 aromatic carbocycles. The van der Waals surface area contributed by atoms with E-state index in [0.717, 1.165) is 12.3 Å². The summed E-state index contributed by atoms with van der Waals surface area (Å²) in [6.07, 6.45) is 3.65. The highest BCUT2D eigenvalue weighted by Gasteiger charge is 2.39. The molecule has 0 amide bonds. The molecule has 0 aliphatic heterocycles. The van der Waals surface area contributed by atoms with E-state index in [-0.39, 0.29) is 5.54 Å². The van der Waals surface area contributed by atoms with Gasteiger partial charge in [0.2, 0.25) is 0 Å². The molecule has 0 spiro atoms. The molecule has 2 N–H and O–H groups in total. The maximum absolute atomic E-state index is 6.88. The van der Waals surface area contributed by atoms with Gasteiger partial charge in [-0.3, -0.25) is 0 Å². The Morgan fingerprint density at radius 2 is 1.74 bits per heavy atom. The summed E-state index contributed by atoms with van der Waals surface area (Å²) in [5, 5.41) is 2.63. The molecule has 3 atom stereocenters. The second-order valence-corrected chi connectivity index (χ2v) is 6.35. The Balaban J connectivity index is 2.17. The molecule has 0 radical (unpaired) electrons. The number of hydrogen-bond donors (Lipinski definition) is 1. The number of nitrogens with two attached hydrogens (primary N) is 1. The summed E-state index contributed by atoms with van der Waals surface area (Å²) in [6, 6.07) is 15.2. The van der Waals surface area contributed by atoms with Crippen LogP contribution in [-0.2, 0) is 5.54 Å². The predicted octanol–water partition coefficient (Wildman–Crippen LogP) is 4.45. The van der Waals surface area contributed by atoms with Gasteiger partial charge in [0.15, 0.2) is 0 Å². The minimum atomic E-state index is -0.168. The topological polar surface area (TPSA) is 26.0 Å². The SMILES string of the molecule is CC1CCC(C)C(N)(c2cccc3ccccc23)C1. The van der Waals surface area contributed by atoms with Crippen molar-refractivity contribution in [3.8, 4) is 0 Å². The van der Waals surface area contributed by atoms with Gasteiger partial charge >= 0.3 is 0 Å². The van der Waals surface area contributed by atoms with Crippen LogP contribution in [0.3, 0.4) is 0 Å². The van der Waals surface area contributed by atoms with Crippen LogP contribution in [0.2, 0.25) is 0 Å². The quantitative estimate of drug-likeness (QED) is 0.798. The van der Waals surface area contributed by atoms with Gasteiger partial charge in [-0.2, -0.15) is 0 Å². The van der Waals surface area contributed by atoms with Crippen molar-refractivity contribution in [2.75, 3.05) is 0 Å². The first kappa shape index (κ1) is 12.7. The summed E-state index contributed by atoms with van der Waals surface area (Å²) in [5.74, 6) is 1.27. The molecule has 0 heterocycles. The van der Waals surface area contributed by atoms with E-state index in [9.17, 15) is 0 Å². The van der Waals surface area contributed by atoms with E-state index in [2.05, 4.69) is 56.3 Å². The van der Waals surface area contributed by atoms with Crippen molar-refractivity contribution in [1.82, 2.24) is 0 Å². The standard InChI is InChI=1S/C18H23N/c1-13-10-11-14(2)18(19,12-13)17-9-5-7-15-6-3-4-8-16(15)17/h3-9,13-14H,10-12,19H2,1-2H3. The molecule has 1 fully saturated rings. The molecule has 2 aromatic rings. The van der Waals surface area contributed by atoms with Crippen LogP contribution in [0.1, 0.15) is 38.7 Å². The van der Waals surface area contributed by atoms with Gasteiger partial charge in [0, 0.05) is 5.54 Å². The minimum absolute atomic E-state index is 0.168. The van der Waals surface area contributed by atoms with E-state index in [0.29, 0.717) is 5.92 Å². The molecule has 3 rings (SSSR count). The van der Waals surface area contributed by atoms with E-state index in [1.165, 1.54) is 29.2 Å². The molecule has 1 aliphatic carbocycles. The molecular formula is C18H23N. The van der Waals surface area contributed by atoms with Crippen LogP contribution in [0.25, 0.3) is 10.8 Å². The molecular weight excluding hydrogens is 230 g/mol. The van der Waals surface area contributed by atoms with Crippen molar-refractivity contribution in [2.24, 2.45) is 17.6 Å². The lowest BCUT2D eigenvalue weighted by molar-refractivity contribution is 0.163. The first-order valence-electron chi connectivity index (χ1n) is 7.38. The van der Waals surface area contributed by atoms with E-state index >= 15 is 0 Å². The fourth-order valence-electron chi connectivity index (χ4n) is 3.68. The number of benzene rings is 2. The van der Waals surface area contributed by atoms with Crippen molar-refractivity contribution in [3.05, 3.63) is 48.0 Å². The number of rotatable bonds is 1. The van der Waals surface area contributed by atoms with E-state index in [4.69, 9.17) is 5.73 Å². The van der Waals surface area contributed by atoms with Crippen molar-refractivity contribution in [2.45, 2.75) is 38.6 Å². The molecule has 3 unspecified atom stereocenters. The summed E-state index contributed by atoms with van der Waals surface area (Å²) in [7, 11) is 0. The van der Waals surface area contributed by atoms with Crippen LogP contribution >= 0.6 is 0 Å². The van der Waals surface area contributed by atoms with Gasteiger partial charge in [-0.05, 0) is 41.0 Å². The molecule has 1 aliphatic rings. The Labute approximate surface area is 115 Å². The Morgan fingerprint density at radius 1 is 1.00 bits per heavy atom. The molecule has 0 saturated heterocycles. The highest BCUT2D eigenvalue weighted by molar-refractivity contribution is 5.86. The van der Waals surface area contributed by atoms with Gasteiger partial charge in [-0.25, -0.2) is 0 Å². The molecule has 1 heteroatoms. The summed E-state index contributed by atoms with van der Waals surface area (Å²) in [6.45, 7) is 4.65. The molecule has 0 aromatic heterocycles. The Bertz CT molecular complexity index is 584. The number of hydrogen-bond acceptors (Lipinski definition) is 1. The third-order valence-corrected chi connectivity index (χ3v) is 4.95. The smallest absolute Gasteiger partial charge is 0.0444 e. The molecule has 0 bridgehead atoms. The summed E-state index contributed by atoms with van der Waals surface area (Å²) >= 11 is 0. The monoisotopic (exact) mass is 253 g/mol. The highest BCUT2D eigenvalue weighted by Crippen LogP contribution is 2.43. The Morgan fingerprint density at radius 3 is 2.58 bits per heavy atom. The van der Waals surface area contributed by atoms with Crippen molar-refractivity contribution < 1.29 is 0 Å². The normalized spacial score (nSPS) is 31.5. The van der Waals surface area contributed by atoms with Crippen molar-refractivity contribution in [1.29, 1.82) is 0 Å². The van der Waals surface area contributed by atoms with Crippen LogP contribution in [-0.4, -0.2) is 0 Å². The zero-order valence-electron chi connectivity index (χ0n) is 11.9. The lowest BCUT2D eigenvalue weighted by Gasteiger charge is -2.43. The fourth-order valence-corrected chi connectivity index (χ4v) is 3.68. The van der Waals surface area contributed by atoms with Crippen LogP contribution in [0.15, 0.2) is 42.5 Å². The van der Waals surface area contributed by atoms with Gasteiger partial charge in [-0.15, -0.1) is 0 Å². The Hall–Kier alpha value is -1.34. The Kier molecular flexibility index (Phi) is 3.10. The molecule has 100 valence electrons. The fraction of sp³-hybridized carbons (Fsp3) is 0.444. The lowest BCUT2D eigenvalue weighted by Crippen LogP contribution is -2.47. The predicted molar refractivity (Wildman–Crippen MR) is 82.0 cm³/mol. The summed E-state index contributed by atoms with van der Waals surface area (Å²) in [4.78, 5) is 0. The van der Waals surface area contributed by atoms with E-state index in [1.807, 2.05) is 0 Å². The second kappa shape index (κ2) is 4.64. The third kappa shape index (κ3) is 2.06. The zero-order valence-corrected chi connectivity index (χ0v) is 11.9. The van der Waals surface area contributed by atoms with Crippen LogP contribution < -0.4 is 5.73 Å². The summed E-state index contributed by atoms with van der Waals surface area (Å²) < 4.78 is 0. The van der Waals surface area contributed by atoms with Gasteiger partial charge in [0.25, 0.3) is 0 Å². The van der Waals surface area contributed by atoms with Crippen molar-refractivity contribution in [3.63, 3.8) is 0 Å². The summed E-state index contributed by atoms with van der Waals surface area (Å²) in [5.41, 5.74) is 8.05. The molecule has 1 nitrogen and oxygen atoms in total. The first-order valence-corrected chi connectivity index (χ1v) is 7.38. The highest BCUT2D eigenvalue weighted by atomic mass is 14.8. The van der Waals surface area contributed by atoms with E-state index < -0.39 is 0 Å². The van der Waals surface area contributed by atoms with Gasteiger partial charge in [0.1, 0.15) is 0 Å². The molecule has 19 heavy (non-hydrogen) atoms. The van der Waals surface area contributed by atoms with Gasteiger partial charge in [0.05, 0.1) is 0 Å². The lowest BCUT2D eigenvalue weighted by atomic mass is 9.66. The minimum Gasteiger partial charge on any atom is -0.321 e. The van der Waals surface area contributed by atoms with Crippen molar-refractivity contribution >= 4 is 10.8 Å². The zero-order chi connectivity index (χ0) is 13.5. The van der Waals surface area contributed by atoms with Gasteiger partial charge in [-0.1, -0.05) is 62.7 Å². The van der Waals surface area contributed by atoms with Crippen LogP contribution in [0.5, 0.6) is 0 Å². The largest absolute Gasteiger partial charge is 0.321 e.